The number of sulfonamides is 1. The van der Waals surface area contributed by atoms with Crippen molar-refractivity contribution < 1.29 is 17.5 Å². The first kappa shape index (κ1) is 26.8. The molecule has 0 aliphatic carbocycles. The third kappa shape index (κ3) is 5.62. The highest BCUT2D eigenvalue weighted by atomic mass is 32.2. The third-order valence-electron chi connectivity index (χ3n) is 8.32. The van der Waals surface area contributed by atoms with Crippen LogP contribution >= 0.6 is 11.3 Å². The molecular weight excluding hydrogens is 539 g/mol. The Hall–Kier alpha value is -2.38. The van der Waals surface area contributed by atoms with Crippen LogP contribution < -0.4 is 4.90 Å². The lowest BCUT2D eigenvalue weighted by molar-refractivity contribution is -0.0321. The first-order valence-electron chi connectivity index (χ1n) is 13.7. The minimum absolute atomic E-state index is 0.0146. The molecule has 3 saturated heterocycles. The molecule has 0 amide bonds. The number of ether oxygens (including phenoxy) is 1. The van der Waals surface area contributed by atoms with Crippen LogP contribution in [0.2, 0.25) is 0 Å². The number of piperidine rings is 1. The highest BCUT2D eigenvalue weighted by Gasteiger charge is 2.35. The van der Waals surface area contributed by atoms with E-state index in [1.807, 2.05) is 6.20 Å². The van der Waals surface area contributed by atoms with E-state index in [9.17, 15) is 12.8 Å². The Balaban J connectivity index is 1.06. The van der Waals surface area contributed by atoms with Gasteiger partial charge in [0.05, 0.1) is 30.4 Å². The Morgan fingerprint density at radius 2 is 1.90 bits per heavy atom. The Kier molecular flexibility index (Phi) is 7.73. The maximum atomic E-state index is 13.5. The average molecular weight is 575 g/mol. The van der Waals surface area contributed by atoms with Gasteiger partial charge >= 0.3 is 0 Å². The molecule has 1 aromatic carbocycles. The zero-order chi connectivity index (χ0) is 27.0. The minimum atomic E-state index is -3.59. The highest BCUT2D eigenvalue weighted by Crippen LogP contribution is 2.35. The molecule has 0 bridgehead atoms. The number of benzene rings is 1. The Labute approximate surface area is 233 Å². The Morgan fingerprint density at radius 1 is 1.10 bits per heavy atom. The summed E-state index contributed by atoms with van der Waals surface area (Å²) in [4.78, 5) is 13.3. The topological polar surface area (TPSA) is 83.8 Å². The van der Waals surface area contributed by atoms with Crippen LogP contribution in [0.4, 0.5) is 9.52 Å². The molecular formula is C27H35FN6O3S2. The van der Waals surface area contributed by atoms with Crippen LogP contribution in [0, 0.1) is 11.7 Å². The lowest BCUT2D eigenvalue weighted by Gasteiger charge is -2.40. The molecule has 0 radical (unpaired) electrons. The number of hydrogen-bond donors (Lipinski definition) is 0. The maximum Gasteiger partial charge on any atom is 0.254 e. The number of thiazole rings is 1. The summed E-state index contributed by atoms with van der Waals surface area (Å²) in [6.07, 6.45) is 8.81. The summed E-state index contributed by atoms with van der Waals surface area (Å²) in [5.74, 6) is 0.358. The molecule has 0 unspecified atom stereocenters. The summed E-state index contributed by atoms with van der Waals surface area (Å²) in [5, 5.41) is 0.767. The second kappa shape index (κ2) is 11.2. The van der Waals surface area contributed by atoms with E-state index in [0.29, 0.717) is 42.9 Å². The fourth-order valence-electron chi connectivity index (χ4n) is 5.94. The molecule has 5 heterocycles. The van der Waals surface area contributed by atoms with Crippen molar-refractivity contribution in [3.63, 3.8) is 0 Å². The standard InChI is InChI=1S/C27H35FN6O3S2/c1-20(21-4-6-23(28)7-5-21)34-19-29-15-24(34)17-31-10-12-33(13-11-31)39(35,36)26-16-30-27(38-26)32-9-8-22-3-2-14-37-25(22)18-32/h4-7,15-16,19-20,22,25H,2-3,8-14,17-18H2,1H3/t20-,22+,25+/m1/s1. The van der Waals surface area contributed by atoms with E-state index in [1.54, 1.807) is 22.8 Å². The number of fused-ring (bicyclic) bond motifs is 1. The molecule has 39 heavy (non-hydrogen) atoms. The summed E-state index contributed by atoms with van der Waals surface area (Å²) in [5.41, 5.74) is 2.05. The molecule has 3 atom stereocenters. The fourth-order valence-corrected chi connectivity index (χ4v) is 8.67. The van der Waals surface area contributed by atoms with Crippen molar-refractivity contribution in [3.8, 4) is 0 Å². The third-order valence-corrected chi connectivity index (χ3v) is 11.7. The molecule has 210 valence electrons. The van der Waals surface area contributed by atoms with Gasteiger partial charge in [0.25, 0.3) is 10.0 Å². The van der Waals surface area contributed by atoms with Gasteiger partial charge < -0.3 is 14.2 Å². The molecule has 0 saturated carbocycles. The quantitative estimate of drug-likeness (QED) is 0.427. The Bertz CT molecular complexity index is 1370. The zero-order valence-electron chi connectivity index (χ0n) is 22.2. The maximum absolute atomic E-state index is 13.5. The predicted octanol–water partition coefficient (Wildman–Crippen LogP) is 3.60. The van der Waals surface area contributed by atoms with E-state index in [4.69, 9.17) is 4.74 Å². The van der Waals surface area contributed by atoms with Crippen molar-refractivity contribution in [1.82, 2.24) is 23.7 Å². The van der Waals surface area contributed by atoms with Gasteiger partial charge in [-0.3, -0.25) is 4.90 Å². The van der Waals surface area contributed by atoms with E-state index < -0.39 is 10.0 Å². The van der Waals surface area contributed by atoms with Crippen LogP contribution in [-0.2, 0) is 21.3 Å². The van der Waals surface area contributed by atoms with Crippen LogP contribution in [0.5, 0.6) is 0 Å². The molecule has 3 fully saturated rings. The lowest BCUT2D eigenvalue weighted by atomic mass is 9.88. The number of imidazole rings is 1. The summed E-state index contributed by atoms with van der Waals surface area (Å²) >= 11 is 1.27. The minimum Gasteiger partial charge on any atom is -0.376 e. The van der Waals surface area contributed by atoms with Crippen molar-refractivity contribution in [2.75, 3.05) is 50.8 Å². The first-order chi connectivity index (χ1) is 18.9. The number of nitrogens with zero attached hydrogens (tertiary/aromatic N) is 6. The van der Waals surface area contributed by atoms with Crippen molar-refractivity contribution in [2.45, 2.75) is 49.1 Å². The molecule has 3 aliphatic rings. The van der Waals surface area contributed by atoms with Crippen molar-refractivity contribution in [1.29, 1.82) is 0 Å². The molecule has 3 aromatic rings. The summed E-state index contributed by atoms with van der Waals surface area (Å²) in [6, 6.07) is 6.55. The second-order valence-electron chi connectivity index (χ2n) is 10.7. The van der Waals surface area contributed by atoms with Crippen LogP contribution in [0.1, 0.15) is 43.5 Å². The number of halogens is 1. The fraction of sp³-hybridized carbons (Fsp3) is 0.556. The number of rotatable bonds is 7. The van der Waals surface area contributed by atoms with Gasteiger partial charge in [-0.25, -0.2) is 22.8 Å². The van der Waals surface area contributed by atoms with Gasteiger partial charge in [0.1, 0.15) is 5.82 Å². The Morgan fingerprint density at radius 3 is 2.69 bits per heavy atom. The van der Waals surface area contributed by atoms with Gasteiger partial charge in [-0.15, -0.1) is 0 Å². The molecule has 3 aliphatic heterocycles. The summed E-state index contributed by atoms with van der Waals surface area (Å²) in [6.45, 7) is 7.35. The van der Waals surface area contributed by atoms with E-state index in [2.05, 4.69) is 31.3 Å². The van der Waals surface area contributed by atoms with E-state index in [0.717, 1.165) is 48.9 Å². The van der Waals surface area contributed by atoms with E-state index >= 15 is 0 Å². The number of piperazine rings is 1. The van der Waals surface area contributed by atoms with Crippen molar-refractivity contribution >= 4 is 26.5 Å². The van der Waals surface area contributed by atoms with Crippen molar-refractivity contribution in [3.05, 3.63) is 60.1 Å². The van der Waals surface area contributed by atoms with Crippen LogP contribution in [-0.4, -0.2) is 84.1 Å². The summed E-state index contributed by atoms with van der Waals surface area (Å²) in [7, 11) is -3.59. The predicted molar refractivity (Wildman–Crippen MR) is 148 cm³/mol. The molecule has 6 rings (SSSR count). The van der Waals surface area contributed by atoms with Crippen LogP contribution in [0.3, 0.4) is 0 Å². The van der Waals surface area contributed by atoms with Crippen LogP contribution in [0.25, 0.3) is 0 Å². The van der Waals surface area contributed by atoms with Crippen molar-refractivity contribution in [2.24, 2.45) is 5.92 Å². The van der Waals surface area contributed by atoms with Gasteiger partial charge in [0.2, 0.25) is 0 Å². The molecule has 12 heteroatoms. The van der Waals surface area contributed by atoms with Gasteiger partial charge in [-0.2, -0.15) is 4.31 Å². The number of hydrogen-bond acceptors (Lipinski definition) is 8. The normalized spacial score (nSPS) is 24.0. The highest BCUT2D eigenvalue weighted by molar-refractivity contribution is 7.91. The van der Waals surface area contributed by atoms with E-state index in [1.165, 1.54) is 36.1 Å². The molecule has 2 aromatic heterocycles. The molecule has 9 nitrogen and oxygen atoms in total. The van der Waals surface area contributed by atoms with Gasteiger partial charge in [0.15, 0.2) is 9.34 Å². The SMILES string of the molecule is C[C@H](c1ccc(F)cc1)n1cncc1CN1CCN(S(=O)(=O)c2cnc(N3CC[C@@H]4CCCO[C@H]4C3)s2)CC1. The number of aromatic nitrogens is 3. The first-order valence-corrected chi connectivity index (χ1v) is 15.9. The lowest BCUT2D eigenvalue weighted by Crippen LogP contribution is -2.48. The monoisotopic (exact) mass is 574 g/mol. The van der Waals surface area contributed by atoms with E-state index in [-0.39, 0.29) is 18.0 Å². The summed E-state index contributed by atoms with van der Waals surface area (Å²) < 4.78 is 50.2. The van der Waals surface area contributed by atoms with Crippen LogP contribution in [0.15, 0.2) is 47.2 Å². The largest absolute Gasteiger partial charge is 0.376 e. The second-order valence-corrected chi connectivity index (χ2v) is 13.9. The van der Waals surface area contributed by atoms with Gasteiger partial charge in [-0.05, 0) is 49.8 Å². The van der Waals surface area contributed by atoms with Gasteiger partial charge in [0, 0.05) is 58.6 Å². The smallest absolute Gasteiger partial charge is 0.254 e. The van der Waals surface area contributed by atoms with Gasteiger partial charge in [-0.1, -0.05) is 23.5 Å². The molecule has 0 N–H and O–H groups in total. The zero-order valence-corrected chi connectivity index (χ0v) is 23.8. The average Bonchev–Trinajstić information content (AvgIpc) is 3.64. The number of anilines is 1. The molecule has 0 spiro atoms.